The summed E-state index contributed by atoms with van der Waals surface area (Å²) in [5.74, 6) is 0. The summed E-state index contributed by atoms with van der Waals surface area (Å²) < 4.78 is 4.89. The number of nitrogens with two attached hydrogens (primary N) is 1. The van der Waals surface area contributed by atoms with E-state index in [1.165, 1.54) is 5.32 Å². The van der Waals surface area contributed by atoms with E-state index in [4.69, 9.17) is 4.74 Å². The fourth-order valence-corrected chi connectivity index (χ4v) is 0.933. The molecule has 0 aliphatic carbocycles. The van der Waals surface area contributed by atoms with E-state index >= 15 is 0 Å². The number of nitrogens with zero attached hydrogens (tertiary/aromatic N) is 1. The standard InChI is InChI=1S/C8H18N2O2/c1-4-5-10(6-7-12-3)8(11)9-2/h2,4-7,9H2,1,3H3. The lowest BCUT2D eigenvalue weighted by Crippen LogP contribution is -2.85. The minimum absolute atomic E-state index is 0.0195. The zero-order chi connectivity index (χ0) is 9.40. The van der Waals surface area contributed by atoms with E-state index in [2.05, 4.69) is 7.05 Å². The summed E-state index contributed by atoms with van der Waals surface area (Å²) in [4.78, 5) is 12.9. The molecule has 0 aromatic rings. The molecule has 0 saturated heterocycles. The quantitative estimate of drug-likeness (QED) is 0.588. The van der Waals surface area contributed by atoms with Crippen molar-refractivity contribution in [1.82, 2.24) is 4.90 Å². The molecule has 2 N–H and O–H groups in total. The summed E-state index contributed by atoms with van der Waals surface area (Å²) in [6.07, 6.45) is 0.962. The Morgan fingerprint density at radius 3 is 2.67 bits per heavy atom. The number of hydrogen-bond donors (Lipinski definition) is 1. The molecule has 12 heavy (non-hydrogen) atoms. The average molecular weight is 174 g/mol. The topological polar surface area (TPSA) is 46.2 Å². The maximum absolute atomic E-state index is 11.2. The van der Waals surface area contributed by atoms with Gasteiger partial charge in [-0.15, -0.1) is 7.05 Å². The second kappa shape index (κ2) is 7.06. The number of ether oxygens (including phenoxy) is 1. The largest absolute Gasteiger partial charge is 0.395 e. The van der Waals surface area contributed by atoms with Crippen molar-refractivity contribution in [1.29, 1.82) is 0 Å². The molecule has 4 heteroatoms. The van der Waals surface area contributed by atoms with Gasteiger partial charge >= 0.3 is 6.03 Å². The Balaban J connectivity index is 3.76. The first kappa shape index (κ1) is 11.4. The van der Waals surface area contributed by atoms with Crippen molar-refractivity contribution in [2.24, 2.45) is 0 Å². The third-order valence-corrected chi connectivity index (χ3v) is 1.55. The van der Waals surface area contributed by atoms with Crippen molar-refractivity contribution < 1.29 is 14.8 Å². The molecular formula is C8H18N2O2. The number of carbonyl (C=O) groups is 1. The summed E-state index contributed by atoms with van der Waals surface area (Å²) in [5, 5.41) is 1.34. The van der Waals surface area contributed by atoms with E-state index in [0.717, 1.165) is 13.0 Å². The maximum Gasteiger partial charge on any atom is 0.389 e. The maximum atomic E-state index is 11.2. The van der Waals surface area contributed by atoms with Crippen molar-refractivity contribution in [2.75, 3.05) is 26.8 Å². The monoisotopic (exact) mass is 174 g/mol. The fourth-order valence-electron chi connectivity index (χ4n) is 0.933. The predicted molar refractivity (Wildman–Crippen MR) is 46.4 cm³/mol. The number of amides is 2. The molecule has 0 aliphatic rings. The molecule has 0 aromatic heterocycles. The molecular weight excluding hydrogens is 156 g/mol. The van der Waals surface area contributed by atoms with Crippen LogP contribution in [0, 0.1) is 7.05 Å². The second-order valence-corrected chi connectivity index (χ2v) is 2.52. The molecule has 0 aliphatic heterocycles. The number of rotatable bonds is 5. The van der Waals surface area contributed by atoms with Gasteiger partial charge in [0.05, 0.1) is 6.61 Å². The third kappa shape index (κ3) is 4.31. The molecule has 0 spiro atoms. The molecule has 0 aromatic carbocycles. The second-order valence-electron chi connectivity index (χ2n) is 2.52. The van der Waals surface area contributed by atoms with Gasteiger partial charge in [-0.3, -0.25) is 4.90 Å². The Morgan fingerprint density at radius 2 is 2.25 bits per heavy atom. The van der Waals surface area contributed by atoms with Gasteiger partial charge < -0.3 is 10.1 Å². The van der Waals surface area contributed by atoms with Crippen LogP contribution < -0.4 is 5.32 Å². The van der Waals surface area contributed by atoms with E-state index in [1.54, 1.807) is 12.0 Å². The predicted octanol–water partition coefficient (Wildman–Crippen LogP) is -0.180. The van der Waals surface area contributed by atoms with Crippen LogP contribution in [0.1, 0.15) is 13.3 Å². The van der Waals surface area contributed by atoms with Crippen LogP contribution in [0.15, 0.2) is 0 Å². The highest BCUT2D eigenvalue weighted by molar-refractivity contribution is 5.63. The van der Waals surface area contributed by atoms with Gasteiger partial charge in [-0.1, -0.05) is 6.92 Å². The van der Waals surface area contributed by atoms with Crippen molar-refractivity contribution in [3.63, 3.8) is 0 Å². The highest BCUT2D eigenvalue weighted by atomic mass is 16.5. The van der Waals surface area contributed by atoms with Gasteiger partial charge in [0.2, 0.25) is 0 Å². The van der Waals surface area contributed by atoms with Gasteiger partial charge in [0.1, 0.15) is 0 Å². The highest BCUT2D eigenvalue weighted by Gasteiger charge is 2.10. The molecule has 0 radical (unpaired) electrons. The molecule has 0 saturated carbocycles. The first-order chi connectivity index (χ1) is 5.76. The van der Waals surface area contributed by atoms with Gasteiger partial charge in [0.15, 0.2) is 0 Å². The molecule has 0 unspecified atom stereocenters. The normalized spacial score (nSPS) is 9.92. The van der Waals surface area contributed by atoms with Gasteiger partial charge in [0, 0.05) is 20.2 Å². The van der Waals surface area contributed by atoms with E-state index in [9.17, 15) is 4.79 Å². The van der Waals surface area contributed by atoms with Crippen LogP contribution in [0.5, 0.6) is 0 Å². The number of primary amides is 1. The lowest BCUT2D eigenvalue weighted by molar-refractivity contribution is -0.498. The Bertz CT molecular complexity index is 128. The van der Waals surface area contributed by atoms with Crippen LogP contribution in [0.4, 0.5) is 4.79 Å². The summed E-state index contributed by atoms with van der Waals surface area (Å²) >= 11 is 0. The van der Waals surface area contributed by atoms with Crippen LogP contribution in [0.25, 0.3) is 0 Å². The van der Waals surface area contributed by atoms with Crippen molar-refractivity contribution in [3.8, 4) is 0 Å². The lowest BCUT2D eigenvalue weighted by atomic mass is 10.4. The zero-order valence-electron chi connectivity index (χ0n) is 7.88. The summed E-state index contributed by atoms with van der Waals surface area (Å²) in [7, 11) is 5.07. The van der Waals surface area contributed by atoms with E-state index in [0.29, 0.717) is 13.2 Å². The van der Waals surface area contributed by atoms with Crippen LogP contribution in [0.2, 0.25) is 0 Å². The lowest BCUT2D eigenvalue weighted by Gasteiger charge is -2.19. The smallest absolute Gasteiger partial charge is 0.389 e. The number of carbonyl (C=O) groups excluding carboxylic acids is 1. The van der Waals surface area contributed by atoms with Gasteiger partial charge in [-0.25, -0.2) is 4.79 Å². The molecule has 0 heterocycles. The van der Waals surface area contributed by atoms with Crippen molar-refractivity contribution >= 4 is 6.03 Å². The van der Waals surface area contributed by atoms with Crippen molar-refractivity contribution in [2.45, 2.75) is 13.3 Å². The Labute approximate surface area is 73.9 Å². The minimum Gasteiger partial charge on any atom is -0.395 e. The number of hydrogen-bond acceptors (Lipinski definition) is 2. The fraction of sp³-hybridized carbons (Fsp3) is 0.750. The number of methoxy groups -OCH3 is 1. The number of urea groups is 1. The Morgan fingerprint density at radius 1 is 1.58 bits per heavy atom. The Hall–Kier alpha value is -0.610. The molecule has 0 atom stereocenters. The molecule has 2 amide bonds. The van der Waals surface area contributed by atoms with Gasteiger partial charge in [0.25, 0.3) is 0 Å². The van der Waals surface area contributed by atoms with Crippen LogP contribution in [-0.2, 0) is 4.74 Å². The SMILES string of the molecule is [CH2-][NH2+]C(=O)N(CCC)CCOC. The van der Waals surface area contributed by atoms with Gasteiger partial charge in [-0.2, -0.15) is 0 Å². The molecule has 0 bridgehead atoms. The summed E-state index contributed by atoms with van der Waals surface area (Å²) in [5.41, 5.74) is 0. The van der Waals surface area contributed by atoms with E-state index in [1.807, 2.05) is 6.92 Å². The van der Waals surface area contributed by atoms with Crippen molar-refractivity contribution in [3.05, 3.63) is 7.05 Å². The van der Waals surface area contributed by atoms with Crippen LogP contribution in [-0.4, -0.2) is 37.7 Å². The van der Waals surface area contributed by atoms with Crippen LogP contribution >= 0.6 is 0 Å². The first-order valence-electron chi connectivity index (χ1n) is 4.16. The minimum atomic E-state index is -0.0195. The molecule has 0 fully saturated rings. The van der Waals surface area contributed by atoms with Gasteiger partial charge in [-0.05, 0) is 6.42 Å². The average Bonchev–Trinajstić information content (AvgIpc) is 2.11. The van der Waals surface area contributed by atoms with Crippen LogP contribution in [0.3, 0.4) is 0 Å². The van der Waals surface area contributed by atoms with E-state index < -0.39 is 0 Å². The molecule has 4 nitrogen and oxygen atoms in total. The highest BCUT2D eigenvalue weighted by Crippen LogP contribution is 1.89. The molecule has 0 rings (SSSR count). The summed E-state index contributed by atoms with van der Waals surface area (Å²) in [6.45, 7) is 4.04. The third-order valence-electron chi connectivity index (χ3n) is 1.55. The van der Waals surface area contributed by atoms with E-state index in [-0.39, 0.29) is 6.03 Å². The summed E-state index contributed by atoms with van der Waals surface area (Å²) in [6, 6.07) is -0.0195. The Kier molecular flexibility index (Phi) is 6.70. The molecule has 72 valence electrons. The first-order valence-corrected chi connectivity index (χ1v) is 4.16. The zero-order valence-corrected chi connectivity index (χ0v) is 7.88. The number of quaternary nitrogens is 1.